The summed E-state index contributed by atoms with van der Waals surface area (Å²) in [6.07, 6.45) is 2.61. The van der Waals surface area contributed by atoms with E-state index in [0.29, 0.717) is 16.5 Å². The van der Waals surface area contributed by atoms with E-state index in [4.69, 9.17) is 13.9 Å². The summed E-state index contributed by atoms with van der Waals surface area (Å²) in [7, 11) is 1.62. The Morgan fingerprint density at radius 2 is 1.91 bits per heavy atom. The van der Waals surface area contributed by atoms with Crippen LogP contribution in [0.3, 0.4) is 0 Å². The Bertz CT molecular complexity index is 1360. The van der Waals surface area contributed by atoms with Crippen molar-refractivity contribution < 1.29 is 18.7 Å². The maximum Gasteiger partial charge on any atom is 0.339 e. The summed E-state index contributed by atoms with van der Waals surface area (Å²) in [5, 5.41) is 6.05. The highest BCUT2D eigenvalue weighted by molar-refractivity contribution is 7.14. The number of fused-ring (bicyclic) bond motifs is 3. The third kappa shape index (κ3) is 3.97. The highest BCUT2D eigenvalue weighted by atomic mass is 32.1. The summed E-state index contributed by atoms with van der Waals surface area (Å²) in [5.74, 6) is 0.912. The van der Waals surface area contributed by atoms with Gasteiger partial charge in [0, 0.05) is 28.0 Å². The van der Waals surface area contributed by atoms with E-state index in [-0.39, 0.29) is 18.1 Å². The number of anilines is 1. The Morgan fingerprint density at radius 3 is 2.72 bits per heavy atom. The number of amides is 1. The molecule has 0 saturated heterocycles. The molecule has 1 amide bonds. The van der Waals surface area contributed by atoms with Crippen LogP contribution in [0.5, 0.6) is 11.5 Å². The van der Waals surface area contributed by atoms with Gasteiger partial charge in [-0.05, 0) is 61.2 Å². The lowest BCUT2D eigenvalue weighted by Crippen LogP contribution is -2.20. The number of ether oxygens (including phenoxy) is 2. The highest BCUT2D eigenvalue weighted by Crippen LogP contribution is 2.30. The van der Waals surface area contributed by atoms with Gasteiger partial charge in [0.05, 0.1) is 12.8 Å². The molecular weight excluding hydrogens is 428 g/mol. The molecule has 0 atom stereocenters. The third-order valence-electron chi connectivity index (χ3n) is 5.45. The van der Waals surface area contributed by atoms with Crippen molar-refractivity contribution in [2.75, 3.05) is 19.0 Å². The standard InChI is InChI=1S/C24H20N2O5S/c1-29-15-7-5-14(6-8-15)20-13-32-24(25-20)26-22(27)12-30-16-9-10-18-17-3-2-4-19(17)23(28)31-21(18)11-16/h5-11,13H,2-4,12H2,1H3,(H,25,26,27). The second-order valence-electron chi connectivity index (χ2n) is 7.46. The quantitative estimate of drug-likeness (QED) is 0.439. The van der Waals surface area contributed by atoms with Crippen LogP contribution >= 0.6 is 11.3 Å². The summed E-state index contributed by atoms with van der Waals surface area (Å²) in [6.45, 7) is -0.182. The molecule has 1 N–H and O–H groups in total. The highest BCUT2D eigenvalue weighted by Gasteiger charge is 2.19. The molecule has 32 heavy (non-hydrogen) atoms. The maximum absolute atomic E-state index is 12.3. The van der Waals surface area contributed by atoms with Gasteiger partial charge in [0.1, 0.15) is 17.1 Å². The summed E-state index contributed by atoms with van der Waals surface area (Å²) in [6, 6.07) is 12.9. The lowest BCUT2D eigenvalue weighted by Gasteiger charge is -2.08. The molecular formula is C24H20N2O5S. The number of nitrogens with zero attached hydrogens (tertiary/aromatic N) is 1. The number of carbonyl (C=O) groups is 1. The third-order valence-corrected chi connectivity index (χ3v) is 6.21. The van der Waals surface area contributed by atoms with Crippen molar-refractivity contribution in [1.29, 1.82) is 0 Å². The molecule has 0 aliphatic heterocycles. The van der Waals surface area contributed by atoms with Gasteiger partial charge in [-0.25, -0.2) is 9.78 Å². The average molecular weight is 449 g/mol. The molecule has 8 heteroatoms. The Morgan fingerprint density at radius 1 is 1.12 bits per heavy atom. The molecule has 0 bridgehead atoms. The number of methoxy groups -OCH3 is 1. The molecule has 2 aromatic carbocycles. The van der Waals surface area contributed by atoms with Crippen LogP contribution in [0, 0.1) is 0 Å². The summed E-state index contributed by atoms with van der Waals surface area (Å²) in [5.41, 5.74) is 3.75. The zero-order valence-electron chi connectivity index (χ0n) is 17.3. The van der Waals surface area contributed by atoms with Crippen molar-refractivity contribution in [3.8, 4) is 22.8 Å². The van der Waals surface area contributed by atoms with E-state index in [1.54, 1.807) is 19.2 Å². The fraction of sp³-hybridized carbons (Fsp3) is 0.208. The van der Waals surface area contributed by atoms with Gasteiger partial charge in [-0.15, -0.1) is 11.3 Å². The minimum Gasteiger partial charge on any atom is -0.497 e. The molecule has 0 fully saturated rings. The first kappa shape index (κ1) is 20.3. The van der Waals surface area contributed by atoms with Crippen LogP contribution in [0.25, 0.3) is 22.2 Å². The number of aryl methyl sites for hydroxylation is 1. The maximum atomic E-state index is 12.3. The minimum absolute atomic E-state index is 0.182. The number of benzene rings is 2. The van der Waals surface area contributed by atoms with Crippen LogP contribution in [-0.2, 0) is 17.6 Å². The number of thiazole rings is 1. The zero-order chi connectivity index (χ0) is 22.1. The molecule has 2 heterocycles. The van der Waals surface area contributed by atoms with E-state index in [2.05, 4.69) is 10.3 Å². The Kier molecular flexibility index (Phi) is 5.36. The first-order chi connectivity index (χ1) is 15.6. The van der Waals surface area contributed by atoms with Gasteiger partial charge in [0.25, 0.3) is 5.91 Å². The van der Waals surface area contributed by atoms with Gasteiger partial charge in [-0.3, -0.25) is 10.1 Å². The fourth-order valence-electron chi connectivity index (χ4n) is 3.88. The first-order valence-electron chi connectivity index (χ1n) is 10.2. The second-order valence-corrected chi connectivity index (χ2v) is 8.32. The van der Waals surface area contributed by atoms with E-state index >= 15 is 0 Å². The van der Waals surface area contributed by atoms with Gasteiger partial charge in [-0.2, -0.15) is 0 Å². The molecule has 5 rings (SSSR count). The van der Waals surface area contributed by atoms with Crippen LogP contribution in [-0.4, -0.2) is 24.6 Å². The number of carbonyl (C=O) groups excluding carboxylic acids is 1. The van der Waals surface area contributed by atoms with Crippen molar-refractivity contribution in [2.45, 2.75) is 19.3 Å². The van der Waals surface area contributed by atoms with Gasteiger partial charge in [-0.1, -0.05) is 0 Å². The van der Waals surface area contributed by atoms with Crippen molar-refractivity contribution in [3.63, 3.8) is 0 Å². The van der Waals surface area contributed by atoms with E-state index in [0.717, 1.165) is 52.8 Å². The van der Waals surface area contributed by atoms with E-state index < -0.39 is 0 Å². The fourth-order valence-corrected chi connectivity index (χ4v) is 4.62. The van der Waals surface area contributed by atoms with Crippen LogP contribution in [0.15, 0.2) is 57.1 Å². The van der Waals surface area contributed by atoms with Gasteiger partial charge in [0.15, 0.2) is 11.7 Å². The summed E-state index contributed by atoms with van der Waals surface area (Å²) >= 11 is 1.34. The Balaban J connectivity index is 1.23. The SMILES string of the molecule is COc1ccc(-c2csc(NC(=O)COc3ccc4c5c(c(=O)oc4c3)CCC5)n2)cc1. The van der Waals surface area contributed by atoms with Gasteiger partial charge in [0.2, 0.25) is 0 Å². The molecule has 162 valence electrons. The molecule has 0 saturated carbocycles. The van der Waals surface area contributed by atoms with E-state index in [1.807, 2.05) is 35.7 Å². The topological polar surface area (TPSA) is 90.7 Å². The van der Waals surface area contributed by atoms with Crippen LogP contribution in [0.1, 0.15) is 17.5 Å². The van der Waals surface area contributed by atoms with Crippen molar-refractivity contribution in [1.82, 2.24) is 4.98 Å². The predicted molar refractivity (Wildman–Crippen MR) is 123 cm³/mol. The molecule has 7 nitrogen and oxygen atoms in total. The number of nitrogens with one attached hydrogen (secondary N) is 1. The van der Waals surface area contributed by atoms with Gasteiger partial charge < -0.3 is 13.9 Å². The molecule has 1 aliphatic carbocycles. The smallest absolute Gasteiger partial charge is 0.339 e. The van der Waals surface area contributed by atoms with Crippen LogP contribution in [0.2, 0.25) is 0 Å². The molecule has 0 unspecified atom stereocenters. The number of aromatic nitrogens is 1. The van der Waals surface area contributed by atoms with Crippen molar-refractivity contribution in [2.24, 2.45) is 0 Å². The predicted octanol–water partition coefficient (Wildman–Crippen LogP) is 4.43. The minimum atomic E-state index is -0.323. The molecule has 0 spiro atoms. The normalized spacial score (nSPS) is 12.5. The largest absolute Gasteiger partial charge is 0.497 e. The van der Waals surface area contributed by atoms with Crippen LogP contribution in [0.4, 0.5) is 5.13 Å². The number of rotatable bonds is 6. The second kappa shape index (κ2) is 8.47. The monoisotopic (exact) mass is 448 g/mol. The first-order valence-corrected chi connectivity index (χ1v) is 11.1. The Labute approximate surface area is 187 Å². The summed E-state index contributed by atoms with van der Waals surface area (Å²) < 4.78 is 16.2. The van der Waals surface area contributed by atoms with E-state index in [1.165, 1.54) is 11.3 Å². The molecule has 4 aromatic rings. The van der Waals surface area contributed by atoms with Crippen molar-refractivity contribution in [3.05, 3.63) is 69.4 Å². The Hall–Kier alpha value is -3.65. The lowest BCUT2D eigenvalue weighted by atomic mass is 10.1. The van der Waals surface area contributed by atoms with E-state index in [9.17, 15) is 9.59 Å². The number of hydrogen-bond donors (Lipinski definition) is 1. The lowest BCUT2D eigenvalue weighted by molar-refractivity contribution is -0.118. The number of hydrogen-bond acceptors (Lipinski definition) is 7. The average Bonchev–Trinajstić information content (AvgIpc) is 3.48. The van der Waals surface area contributed by atoms with Crippen molar-refractivity contribution >= 4 is 33.3 Å². The van der Waals surface area contributed by atoms with Crippen LogP contribution < -0.4 is 20.4 Å². The van der Waals surface area contributed by atoms with Gasteiger partial charge >= 0.3 is 5.63 Å². The molecule has 2 aromatic heterocycles. The molecule has 1 aliphatic rings. The zero-order valence-corrected chi connectivity index (χ0v) is 18.2. The molecule has 0 radical (unpaired) electrons. The summed E-state index contributed by atoms with van der Waals surface area (Å²) in [4.78, 5) is 28.9.